The summed E-state index contributed by atoms with van der Waals surface area (Å²) in [5, 5.41) is 8.63. The van der Waals surface area contributed by atoms with Crippen LogP contribution in [0.1, 0.15) is 96.8 Å². The molecule has 0 spiro atoms. The van der Waals surface area contributed by atoms with E-state index < -0.39 is 0 Å². The molecule has 23 heavy (non-hydrogen) atoms. The van der Waals surface area contributed by atoms with Gasteiger partial charge in [-0.15, -0.1) is 0 Å². The lowest BCUT2D eigenvalue weighted by Gasteiger charge is -2.23. The highest BCUT2D eigenvalue weighted by molar-refractivity contribution is 7.85. The van der Waals surface area contributed by atoms with E-state index in [-0.39, 0.29) is 0 Å². The lowest BCUT2D eigenvalue weighted by atomic mass is 10.0. The SMILES string of the molecule is CCCCCCCCCCCCCCCC[N+](C)(C)C.N#CS. The minimum absolute atomic E-state index is 1.12. The Morgan fingerprint density at radius 2 is 0.913 bits per heavy atom. The second-order valence-electron chi connectivity index (χ2n) is 7.71. The normalized spacial score (nSPS) is 10.8. The number of nitriles is 1. The first-order chi connectivity index (χ1) is 11.0. The molecule has 0 heterocycles. The lowest BCUT2D eigenvalue weighted by molar-refractivity contribution is -0.870. The molecule has 138 valence electrons. The van der Waals surface area contributed by atoms with Crippen LogP contribution in [0.25, 0.3) is 0 Å². The molecule has 0 saturated heterocycles. The van der Waals surface area contributed by atoms with Crippen molar-refractivity contribution < 1.29 is 4.48 Å². The summed E-state index contributed by atoms with van der Waals surface area (Å²) >= 11 is 3.09. The lowest BCUT2D eigenvalue weighted by Crippen LogP contribution is -2.35. The molecule has 0 unspecified atom stereocenters. The predicted molar refractivity (Wildman–Crippen MR) is 108 cm³/mol. The van der Waals surface area contributed by atoms with E-state index in [1.165, 1.54) is 102 Å². The molecule has 0 saturated carbocycles. The molecule has 0 aromatic heterocycles. The number of quaternary nitrogens is 1. The third-order valence-corrected chi connectivity index (χ3v) is 4.18. The van der Waals surface area contributed by atoms with Crippen LogP contribution in [0.4, 0.5) is 0 Å². The van der Waals surface area contributed by atoms with Gasteiger partial charge in [-0.05, 0) is 12.8 Å². The summed E-state index contributed by atoms with van der Waals surface area (Å²) < 4.78 is 1.12. The maximum Gasteiger partial charge on any atom is 0.130 e. The molecule has 3 heteroatoms. The van der Waals surface area contributed by atoms with Gasteiger partial charge in [0.15, 0.2) is 0 Å². The molecule has 0 rings (SSSR count). The van der Waals surface area contributed by atoms with Gasteiger partial charge in [-0.25, -0.2) is 0 Å². The van der Waals surface area contributed by atoms with E-state index in [1.807, 2.05) is 0 Å². The van der Waals surface area contributed by atoms with Crippen LogP contribution in [-0.4, -0.2) is 32.2 Å². The van der Waals surface area contributed by atoms with Gasteiger partial charge in [0.25, 0.3) is 0 Å². The molecular formula is C20H43N2S+. The van der Waals surface area contributed by atoms with Gasteiger partial charge in [0.05, 0.1) is 27.7 Å². The molecule has 0 bridgehead atoms. The Hall–Kier alpha value is -0.200. The van der Waals surface area contributed by atoms with Gasteiger partial charge in [0.2, 0.25) is 0 Å². The van der Waals surface area contributed by atoms with E-state index in [9.17, 15) is 0 Å². The molecule has 0 aliphatic heterocycles. The molecule has 2 nitrogen and oxygen atoms in total. The van der Waals surface area contributed by atoms with Crippen LogP contribution < -0.4 is 0 Å². The van der Waals surface area contributed by atoms with Gasteiger partial charge in [-0.3, -0.25) is 0 Å². The summed E-state index contributed by atoms with van der Waals surface area (Å²) in [4.78, 5) is 0. The molecular weight excluding hydrogens is 300 g/mol. The highest BCUT2D eigenvalue weighted by Gasteiger charge is 2.04. The van der Waals surface area contributed by atoms with Crippen LogP contribution in [0, 0.1) is 10.7 Å². The van der Waals surface area contributed by atoms with E-state index in [0.717, 1.165) is 4.48 Å². The van der Waals surface area contributed by atoms with Crippen LogP contribution in [0.5, 0.6) is 0 Å². The standard InChI is InChI=1S/C19H42N.CHNS/c1-5-6-7-8-9-10-11-12-13-14-15-16-17-18-19-20(2,3)4;2-1-3/h5-19H2,1-4H3;3H/q+1;. The number of hydrogen-bond donors (Lipinski definition) is 1. The Kier molecular flexibility index (Phi) is 21.6. The number of thiocyanates is 1. The van der Waals surface area contributed by atoms with E-state index in [1.54, 1.807) is 0 Å². The van der Waals surface area contributed by atoms with Gasteiger partial charge >= 0.3 is 0 Å². The van der Waals surface area contributed by atoms with E-state index >= 15 is 0 Å². The van der Waals surface area contributed by atoms with E-state index in [0.29, 0.717) is 0 Å². The van der Waals surface area contributed by atoms with Crippen molar-refractivity contribution in [2.75, 3.05) is 27.7 Å². The second kappa shape index (κ2) is 19.8. The summed E-state index contributed by atoms with van der Waals surface area (Å²) in [5.41, 5.74) is 0. The van der Waals surface area contributed by atoms with Crippen molar-refractivity contribution in [3.63, 3.8) is 0 Å². The van der Waals surface area contributed by atoms with Gasteiger partial charge in [-0.2, -0.15) is 5.26 Å². The van der Waals surface area contributed by atoms with Crippen molar-refractivity contribution in [1.29, 1.82) is 5.26 Å². The second-order valence-corrected chi connectivity index (χ2v) is 7.91. The molecule has 0 radical (unpaired) electrons. The summed E-state index contributed by atoms with van der Waals surface area (Å²) in [7, 11) is 6.88. The minimum Gasteiger partial charge on any atom is -0.331 e. The molecule has 0 atom stereocenters. The molecule has 0 aliphatic rings. The largest absolute Gasteiger partial charge is 0.331 e. The fourth-order valence-electron chi connectivity index (χ4n) is 2.78. The molecule has 0 N–H and O–H groups in total. The van der Waals surface area contributed by atoms with Gasteiger partial charge in [0.1, 0.15) is 5.40 Å². The van der Waals surface area contributed by atoms with E-state index in [2.05, 4.69) is 40.7 Å². The van der Waals surface area contributed by atoms with Crippen molar-refractivity contribution in [2.45, 2.75) is 96.8 Å². The highest BCUT2D eigenvalue weighted by Crippen LogP contribution is 2.13. The van der Waals surface area contributed by atoms with E-state index in [4.69, 9.17) is 5.26 Å². The number of rotatable bonds is 15. The minimum atomic E-state index is 1.12. The average Bonchev–Trinajstić information content (AvgIpc) is 2.47. The maximum absolute atomic E-state index is 7.18. The zero-order valence-electron chi connectivity index (χ0n) is 16.4. The highest BCUT2D eigenvalue weighted by atomic mass is 32.1. The Balaban J connectivity index is 0. The quantitative estimate of drug-likeness (QED) is 0.154. The summed E-state index contributed by atoms with van der Waals surface area (Å²) in [6.07, 6.45) is 20.4. The summed E-state index contributed by atoms with van der Waals surface area (Å²) in [6, 6.07) is 0. The van der Waals surface area contributed by atoms with Crippen molar-refractivity contribution in [3.05, 3.63) is 0 Å². The number of hydrogen-bond acceptors (Lipinski definition) is 2. The third kappa shape index (κ3) is 30.3. The van der Waals surface area contributed by atoms with Crippen molar-refractivity contribution in [2.24, 2.45) is 0 Å². The molecule has 0 aromatic carbocycles. The average molecular weight is 344 g/mol. The Morgan fingerprint density at radius 1 is 0.652 bits per heavy atom. The maximum atomic E-state index is 7.18. The fraction of sp³-hybridized carbons (Fsp3) is 0.950. The van der Waals surface area contributed by atoms with Crippen LogP contribution in [0.15, 0.2) is 0 Å². The summed E-state index contributed by atoms with van der Waals surface area (Å²) in [6.45, 7) is 3.63. The molecule has 0 amide bonds. The zero-order valence-corrected chi connectivity index (χ0v) is 17.3. The molecule has 0 fully saturated rings. The third-order valence-electron chi connectivity index (χ3n) is 4.18. The number of nitrogens with zero attached hydrogens (tertiary/aromatic N) is 2. The summed E-state index contributed by atoms with van der Waals surface area (Å²) in [5.74, 6) is 0. The van der Waals surface area contributed by atoms with Gasteiger partial charge in [-0.1, -0.05) is 96.6 Å². The van der Waals surface area contributed by atoms with Gasteiger partial charge in [0, 0.05) is 0 Å². The Morgan fingerprint density at radius 3 is 1.17 bits per heavy atom. The Bertz CT molecular complexity index is 253. The van der Waals surface area contributed by atoms with Crippen LogP contribution in [0.2, 0.25) is 0 Å². The van der Waals surface area contributed by atoms with Crippen LogP contribution >= 0.6 is 12.6 Å². The van der Waals surface area contributed by atoms with Crippen LogP contribution in [0.3, 0.4) is 0 Å². The first-order valence-corrected chi connectivity index (χ1v) is 10.3. The molecule has 0 aliphatic carbocycles. The topological polar surface area (TPSA) is 23.8 Å². The van der Waals surface area contributed by atoms with Crippen molar-refractivity contribution in [1.82, 2.24) is 0 Å². The predicted octanol–water partition coefficient (Wildman–Crippen LogP) is 6.57. The number of thiol groups is 1. The Labute approximate surface area is 152 Å². The molecule has 0 aromatic rings. The van der Waals surface area contributed by atoms with Crippen LogP contribution in [-0.2, 0) is 0 Å². The first kappa shape index (κ1) is 25.0. The van der Waals surface area contributed by atoms with Gasteiger partial charge < -0.3 is 4.48 Å². The zero-order chi connectivity index (χ0) is 17.8. The smallest absolute Gasteiger partial charge is 0.130 e. The first-order valence-electron chi connectivity index (χ1n) is 9.81. The monoisotopic (exact) mass is 343 g/mol. The van der Waals surface area contributed by atoms with Crippen molar-refractivity contribution >= 4 is 12.6 Å². The fourth-order valence-corrected chi connectivity index (χ4v) is 2.78. The number of unbranched alkanes of at least 4 members (excludes halogenated alkanes) is 13. The van der Waals surface area contributed by atoms with Crippen molar-refractivity contribution in [3.8, 4) is 5.40 Å².